The molecule has 2 aromatic rings. The smallest absolute Gasteiger partial charge is 0.258 e. The van der Waals surface area contributed by atoms with E-state index in [-0.39, 0.29) is 12.5 Å². The highest BCUT2D eigenvalue weighted by Crippen LogP contribution is 2.20. The molecule has 0 unspecified atom stereocenters. The zero-order valence-electron chi connectivity index (χ0n) is 10.1. The van der Waals surface area contributed by atoms with E-state index in [4.69, 9.17) is 4.74 Å². The molecule has 0 aliphatic heterocycles. The van der Waals surface area contributed by atoms with Crippen molar-refractivity contribution in [2.24, 2.45) is 0 Å². The maximum atomic E-state index is 11.4. The van der Waals surface area contributed by atoms with Crippen LogP contribution in [0.3, 0.4) is 0 Å². The monoisotopic (exact) mass is 241 g/mol. The lowest BCUT2D eigenvalue weighted by molar-refractivity contribution is -0.122. The van der Waals surface area contributed by atoms with Gasteiger partial charge in [-0.15, -0.1) is 6.58 Å². The van der Waals surface area contributed by atoms with E-state index in [0.717, 1.165) is 10.8 Å². The molecule has 0 aromatic heterocycles. The van der Waals surface area contributed by atoms with Crippen LogP contribution in [0, 0.1) is 0 Å². The van der Waals surface area contributed by atoms with Crippen LogP contribution in [-0.4, -0.2) is 19.1 Å². The van der Waals surface area contributed by atoms with Crippen molar-refractivity contribution in [2.75, 3.05) is 13.2 Å². The Morgan fingerprint density at radius 2 is 2.00 bits per heavy atom. The molecule has 2 rings (SSSR count). The highest BCUT2D eigenvalue weighted by molar-refractivity contribution is 5.84. The van der Waals surface area contributed by atoms with Crippen molar-refractivity contribution in [1.29, 1.82) is 0 Å². The number of carbonyl (C=O) groups excluding carboxylic acids is 1. The van der Waals surface area contributed by atoms with Gasteiger partial charge in [-0.1, -0.05) is 36.4 Å². The van der Waals surface area contributed by atoms with E-state index in [2.05, 4.69) is 11.9 Å². The van der Waals surface area contributed by atoms with Gasteiger partial charge in [0.15, 0.2) is 6.61 Å². The number of nitrogens with one attached hydrogen (secondary N) is 1. The fraction of sp³-hybridized carbons (Fsp3) is 0.133. The first-order valence-electron chi connectivity index (χ1n) is 5.79. The highest BCUT2D eigenvalue weighted by atomic mass is 16.5. The van der Waals surface area contributed by atoms with Crippen LogP contribution in [0.5, 0.6) is 5.75 Å². The van der Waals surface area contributed by atoms with Crippen molar-refractivity contribution in [2.45, 2.75) is 0 Å². The lowest BCUT2D eigenvalue weighted by Gasteiger charge is -2.07. The second-order valence-corrected chi connectivity index (χ2v) is 3.89. The van der Waals surface area contributed by atoms with Crippen LogP contribution < -0.4 is 10.1 Å². The number of benzene rings is 2. The Hall–Kier alpha value is -2.29. The van der Waals surface area contributed by atoms with E-state index in [1.807, 2.05) is 42.5 Å². The van der Waals surface area contributed by atoms with E-state index in [1.54, 1.807) is 6.08 Å². The molecule has 0 heterocycles. The number of hydrogen-bond donors (Lipinski definition) is 1. The van der Waals surface area contributed by atoms with Gasteiger partial charge in [0, 0.05) is 6.54 Å². The first kappa shape index (κ1) is 12.2. The van der Waals surface area contributed by atoms with E-state index < -0.39 is 0 Å². The maximum absolute atomic E-state index is 11.4. The molecular formula is C15H15NO2. The van der Waals surface area contributed by atoms with Crippen molar-refractivity contribution in [3.8, 4) is 5.75 Å². The van der Waals surface area contributed by atoms with E-state index >= 15 is 0 Å². The number of fused-ring (bicyclic) bond motifs is 1. The summed E-state index contributed by atoms with van der Waals surface area (Å²) in [4.78, 5) is 11.4. The zero-order valence-corrected chi connectivity index (χ0v) is 10.1. The Bertz CT molecular complexity index is 563. The normalized spacial score (nSPS) is 10.0. The lowest BCUT2D eigenvalue weighted by atomic mass is 10.1. The summed E-state index contributed by atoms with van der Waals surface area (Å²) < 4.78 is 5.43. The van der Waals surface area contributed by atoms with Gasteiger partial charge in [-0.05, 0) is 22.9 Å². The van der Waals surface area contributed by atoms with Gasteiger partial charge in [-0.3, -0.25) is 4.79 Å². The van der Waals surface area contributed by atoms with Gasteiger partial charge < -0.3 is 10.1 Å². The molecule has 0 bridgehead atoms. The Labute approximate surface area is 106 Å². The first-order chi connectivity index (χ1) is 8.79. The molecule has 0 aliphatic rings. The Kier molecular flexibility index (Phi) is 3.97. The quantitative estimate of drug-likeness (QED) is 0.817. The number of amides is 1. The lowest BCUT2D eigenvalue weighted by Crippen LogP contribution is -2.28. The molecule has 3 nitrogen and oxygen atoms in total. The molecule has 1 N–H and O–H groups in total. The Morgan fingerprint density at radius 3 is 2.78 bits per heavy atom. The van der Waals surface area contributed by atoms with Crippen LogP contribution in [0.2, 0.25) is 0 Å². The summed E-state index contributed by atoms with van der Waals surface area (Å²) in [5, 5.41) is 4.91. The molecule has 1 amide bonds. The summed E-state index contributed by atoms with van der Waals surface area (Å²) in [7, 11) is 0. The van der Waals surface area contributed by atoms with Gasteiger partial charge in [0.2, 0.25) is 0 Å². The van der Waals surface area contributed by atoms with Crippen LogP contribution in [0.15, 0.2) is 55.1 Å². The molecule has 0 saturated heterocycles. The summed E-state index contributed by atoms with van der Waals surface area (Å²) in [6.45, 7) is 4.01. The minimum atomic E-state index is -0.150. The molecule has 0 radical (unpaired) electrons. The van der Waals surface area contributed by atoms with Gasteiger partial charge in [0.05, 0.1) is 0 Å². The molecule has 3 heteroatoms. The summed E-state index contributed by atoms with van der Waals surface area (Å²) >= 11 is 0. The second-order valence-electron chi connectivity index (χ2n) is 3.89. The van der Waals surface area contributed by atoms with Crippen molar-refractivity contribution < 1.29 is 9.53 Å². The third kappa shape index (κ3) is 3.10. The number of carbonyl (C=O) groups is 1. The number of ether oxygens (including phenoxy) is 1. The SMILES string of the molecule is C=CCNC(=O)COc1ccc2ccccc2c1. The third-order valence-electron chi connectivity index (χ3n) is 2.53. The average Bonchev–Trinajstić information content (AvgIpc) is 2.42. The molecule has 0 saturated carbocycles. The van der Waals surface area contributed by atoms with Crippen LogP contribution in [-0.2, 0) is 4.79 Å². The van der Waals surface area contributed by atoms with Crippen molar-refractivity contribution in [1.82, 2.24) is 5.32 Å². The standard InChI is InChI=1S/C15H15NO2/c1-2-9-16-15(17)11-18-14-8-7-12-5-3-4-6-13(12)10-14/h2-8,10H,1,9,11H2,(H,16,17). The average molecular weight is 241 g/mol. The van der Waals surface area contributed by atoms with Crippen LogP contribution in [0.1, 0.15) is 0 Å². The fourth-order valence-electron chi connectivity index (χ4n) is 1.64. The molecule has 0 aliphatic carbocycles. The highest BCUT2D eigenvalue weighted by Gasteiger charge is 2.01. The van der Waals surface area contributed by atoms with Gasteiger partial charge in [0.1, 0.15) is 5.75 Å². The molecule has 0 atom stereocenters. The topological polar surface area (TPSA) is 38.3 Å². The molecule has 2 aromatic carbocycles. The largest absolute Gasteiger partial charge is 0.484 e. The Morgan fingerprint density at radius 1 is 1.22 bits per heavy atom. The van der Waals surface area contributed by atoms with Crippen LogP contribution in [0.4, 0.5) is 0 Å². The van der Waals surface area contributed by atoms with Gasteiger partial charge in [-0.2, -0.15) is 0 Å². The van der Waals surface area contributed by atoms with Gasteiger partial charge in [0.25, 0.3) is 5.91 Å². The van der Waals surface area contributed by atoms with Gasteiger partial charge in [-0.25, -0.2) is 0 Å². The summed E-state index contributed by atoms with van der Waals surface area (Å²) in [6.07, 6.45) is 1.63. The van der Waals surface area contributed by atoms with E-state index in [0.29, 0.717) is 12.3 Å². The fourth-order valence-corrected chi connectivity index (χ4v) is 1.64. The molecule has 0 fully saturated rings. The predicted octanol–water partition coefficient (Wildman–Crippen LogP) is 2.52. The second kappa shape index (κ2) is 5.87. The first-order valence-corrected chi connectivity index (χ1v) is 5.79. The molecule has 92 valence electrons. The summed E-state index contributed by atoms with van der Waals surface area (Å²) in [5.41, 5.74) is 0. The van der Waals surface area contributed by atoms with E-state index in [9.17, 15) is 4.79 Å². The van der Waals surface area contributed by atoms with Gasteiger partial charge >= 0.3 is 0 Å². The zero-order chi connectivity index (χ0) is 12.8. The minimum Gasteiger partial charge on any atom is -0.484 e. The number of rotatable bonds is 5. The number of hydrogen-bond acceptors (Lipinski definition) is 2. The molecular weight excluding hydrogens is 226 g/mol. The van der Waals surface area contributed by atoms with Crippen LogP contribution in [0.25, 0.3) is 10.8 Å². The summed E-state index contributed by atoms with van der Waals surface area (Å²) in [5.74, 6) is 0.547. The minimum absolute atomic E-state index is 0.0200. The molecule has 18 heavy (non-hydrogen) atoms. The Balaban J connectivity index is 1.99. The van der Waals surface area contributed by atoms with Crippen molar-refractivity contribution in [3.05, 3.63) is 55.1 Å². The molecule has 0 spiro atoms. The third-order valence-corrected chi connectivity index (χ3v) is 2.53. The summed E-state index contributed by atoms with van der Waals surface area (Å²) in [6, 6.07) is 13.8. The van der Waals surface area contributed by atoms with Crippen LogP contribution >= 0.6 is 0 Å². The van der Waals surface area contributed by atoms with Crippen molar-refractivity contribution in [3.63, 3.8) is 0 Å². The maximum Gasteiger partial charge on any atom is 0.258 e. The predicted molar refractivity (Wildman–Crippen MR) is 72.6 cm³/mol. The van der Waals surface area contributed by atoms with E-state index in [1.165, 1.54) is 0 Å². The van der Waals surface area contributed by atoms with Crippen molar-refractivity contribution >= 4 is 16.7 Å².